The van der Waals surface area contributed by atoms with Gasteiger partial charge in [0.2, 0.25) is 0 Å². The monoisotopic (exact) mass is 191 g/mol. The van der Waals surface area contributed by atoms with E-state index < -0.39 is 0 Å². The van der Waals surface area contributed by atoms with Crippen LogP contribution in [0.1, 0.15) is 33.6 Å². The molecule has 0 bridgehead atoms. The van der Waals surface area contributed by atoms with Gasteiger partial charge in [-0.15, -0.1) is 0 Å². The first kappa shape index (κ1) is 9.97. The molecule has 0 radical (unpaired) electrons. The van der Waals surface area contributed by atoms with E-state index in [1.807, 2.05) is 0 Å². The fraction of sp³-hybridized carbons (Fsp3) is 0.692. The molecule has 78 valence electrons. The lowest BCUT2D eigenvalue weighted by atomic mass is 9.63. The van der Waals surface area contributed by atoms with E-state index in [1.165, 1.54) is 12.0 Å². The third-order valence-corrected chi connectivity index (χ3v) is 3.63. The van der Waals surface area contributed by atoms with Crippen LogP contribution in [0.3, 0.4) is 0 Å². The lowest BCUT2D eigenvalue weighted by Crippen LogP contribution is -2.44. The second kappa shape index (κ2) is 3.23. The largest absolute Gasteiger partial charge is 0.327 e. The summed E-state index contributed by atoms with van der Waals surface area (Å²) >= 11 is 0. The van der Waals surface area contributed by atoms with Crippen LogP contribution in [-0.4, -0.2) is 6.04 Å². The maximum atomic E-state index is 6.25. The van der Waals surface area contributed by atoms with Crippen LogP contribution in [0, 0.1) is 17.3 Å². The maximum Gasteiger partial charge on any atom is 0.0113 e. The highest BCUT2D eigenvalue weighted by Crippen LogP contribution is 2.44. The number of nitrogens with two attached hydrogens (primary N) is 1. The average Bonchev–Trinajstić information content (AvgIpc) is 2.05. The van der Waals surface area contributed by atoms with Gasteiger partial charge < -0.3 is 5.73 Å². The summed E-state index contributed by atoms with van der Waals surface area (Å²) in [7, 11) is 0. The molecule has 0 aliphatic heterocycles. The van der Waals surface area contributed by atoms with Crippen molar-refractivity contribution in [3.63, 3.8) is 0 Å². The van der Waals surface area contributed by atoms with Gasteiger partial charge in [0, 0.05) is 6.04 Å². The van der Waals surface area contributed by atoms with Crippen molar-refractivity contribution in [2.75, 3.05) is 0 Å². The van der Waals surface area contributed by atoms with Crippen LogP contribution in [0.15, 0.2) is 23.8 Å². The Morgan fingerprint density at radius 3 is 2.79 bits per heavy atom. The van der Waals surface area contributed by atoms with Gasteiger partial charge in [-0.1, -0.05) is 37.6 Å². The Kier molecular flexibility index (Phi) is 2.30. The second-order valence-electron chi connectivity index (χ2n) is 5.75. The molecule has 0 aromatic rings. The Hall–Kier alpha value is -0.560. The molecule has 1 nitrogen and oxygen atoms in total. The average molecular weight is 191 g/mol. The maximum absolute atomic E-state index is 6.25. The zero-order valence-corrected chi connectivity index (χ0v) is 9.46. The highest BCUT2D eigenvalue weighted by atomic mass is 14.7. The Bertz CT molecular complexity index is 286. The van der Waals surface area contributed by atoms with Gasteiger partial charge in [0.1, 0.15) is 0 Å². The van der Waals surface area contributed by atoms with Crippen LogP contribution in [0.5, 0.6) is 0 Å². The molecule has 2 aliphatic carbocycles. The Balaban J connectivity index is 2.21. The summed E-state index contributed by atoms with van der Waals surface area (Å²) in [5.74, 6) is 1.27. The molecule has 1 fully saturated rings. The van der Waals surface area contributed by atoms with Crippen LogP contribution in [-0.2, 0) is 0 Å². The summed E-state index contributed by atoms with van der Waals surface area (Å²) in [5, 5.41) is 0. The zero-order valence-electron chi connectivity index (χ0n) is 9.46. The third-order valence-electron chi connectivity index (χ3n) is 3.63. The van der Waals surface area contributed by atoms with Gasteiger partial charge in [-0.25, -0.2) is 0 Å². The third kappa shape index (κ3) is 1.78. The van der Waals surface area contributed by atoms with Gasteiger partial charge in [-0.3, -0.25) is 0 Å². The summed E-state index contributed by atoms with van der Waals surface area (Å²) in [4.78, 5) is 0. The van der Waals surface area contributed by atoms with Crippen molar-refractivity contribution in [3.05, 3.63) is 23.8 Å². The number of fused-ring (bicyclic) bond motifs is 1. The van der Waals surface area contributed by atoms with Crippen molar-refractivity contribution >= 4 is 0 Å². The lowest BCUT2D eigenvalue weighted by Gasteiger charge is -2.44. The van der Waals surface area contributed by atoms with Gasteiger partial charge in [0.15, 0.2) is 0 Å². The molecule has 1 heteroatoms. The van der Waals surface area contributed by atoms with Crippen molar-refractivity contribution in [1.82, 2.24) is 0 Å². The number of allylic oxidation sites excluding steroid dienone is 3. The first-order valence-electron chi connectivity index (χ1n) is 5.60. The van der Waals surface area contributed by atoms with Crippen LogP contribution < -0.4 is 5.73 Å². The molecule has 14 heavy (non-hydrogen) atoms. The van der Waals surface area contributed by atoms with E-state index in [4.69, 9.17) is 5.73 Å². The highest BCUT2D eigenvalue weighted by Gasteiger charge is 2.38. The van der Waals surface area contributed by atoms with E-state index in [9.17, 15) is 0 Å². The molecule has 0 amide bonds. The summed E-state index contributed by atoms with van der Waals surface area (Å²) in [5.41, 5.74) is 8.05. The van der Waals surface area contributed by atoms with E-state index in [0.29, 0.717) is 23.3 Å². The summed E-state index contributed by atoms with van der Waals surface area (Å²) < 4.78 is 0. The fourth-order valence-corrected chi connectivity index (χ4v) is 3.03. The van der Waals surface area contributed by atoms with Crippen LogP contribution in [0.25, 0.3) is 0 Å². The van der Waals surface area contributed by atoms with Crippen LogP contribution >= 0.6 is 0 Å². The molecule has 0 aromatic heterocycles. The summed E-state index contributed by atoms with van der Waals surface area (Å²) in [6, 6.07) is 0.351. The minimum absolute atomic E-state index is 0.351. The van der Waals surface area contributed by atoms with E-state index >= 15 is 0 Å². The van der Waals surface area contributed by atoms with Gasteiger partial charge in [0.05, 0.1) is 0 Å². The molecular weight excluding hydrogens is 170 g/mol. The fourth-order valence-electron chi connectivity index (χ4n) is 3.03. The summed E-state index contributed by atoms with van der Waals surface area (Å²) in [6.07, 6.45) is 9.41. The SMILES string of the molecule is CC1=CC2C(N)CC(C)(C)CC2C=C1. The predicted molar refractivity (Wildman–Crippen MR) is 60.9 cm³/mol. The minimum Gasteiger partial charge on any atom is -0.327 e. The Morgan fingerprint density at radius 2 is 2.07 bits per heavy atom. The number of hydrogen-bond acceptors (Lipinski definition) is 1. The van der Waals surface area contributed by atoms with E-state index in [2.05, 4.69) is 39.0 Å². The van der Waals surface area contributed by atoms with Gasteiger partial charge in [-0.2, -0.15) is 0 Å². The van der Waals surface area contributed by atoms with Gasteiger partial charge in [-0.05, 0) is 37.0 Å². The lowest BCUT2D eigenvalue weighted by molar-refractivity contribution is 0.144. The Labute approximate surface area is 87.1 Å². The first-order valence-corrected chi connectivity index (χ1v) is 5.60. The molecule has 0 spiro atoms. The highest BCUT2D eigenvalue weighted by molar-refractivity contribution is 5.26. The first-order chi connectivity index (χ1) is 6.48. The zero-order chi connectivity index (χ0) is 10.3. The molecule has 2 rings (SSSR count). The van der Waals surface area contributed by atoms with E-state index in [-0.39, 0.29) is 0 Å². The van der Waals surface area contributed by atoms with Crippen molar-refractivity contribution in [3.8, 4) is 0 Å². The number of rotatable bonds is 0. The van der Waals surface area contributed by atoms with E-state index in [1.54, 1.807) is 0 Å². The van der Waals surface area contributed by atoms with Gasteiger partial charge in [0.25, 0.3) is 0 Å². The molecule has 3 unspecified atom stereocenters. The van der Waals surface area contributed by atoms with Crippen molar-refractivity contribution < 1.29 is 0 Å². The molecule has 2 aliphatic rings. The van der Waals surface area contributed by atoms with Crippen LogP contribution in [0.4, 0.5) is 0 Å². The molecule has 1 saturated carbocycles. The quantitative estimate of drug-likeness (QED) is 0.626. The van der Waals surface area contributed by atoms with Crippen molar-refractivity contribution in [2.24, 2.45) is 23.0 Å². The minimum atomic E-state index is 0.351. The van der Waals surface area contributed by atoms with Crippen LogP contribution in [0.2, 0.25) is 0 Å². The predicted octanol–water partition coefficient (Wildman–Crippen LogP) is 2.88. The molecule has 3 atom stereocenters. The molecule has 0 aromatic carbocycles. The van der Waals surface area contributed by atoms with Crippen molar-refractivity contribution in [2.45, 2.75) is 39.7 Å². The van der Waals surface area contributed by atoms with E-state index in [0.717, 1.165) is 6.42 Å². The Morgan fingerprint density at radius 1 is 1.36 bits per heavy atom. The normalized spacial score (nSPS) is 40.3. The topological polar surface area (TPSA) is 26.0 Å². The smallest absolute Gasteiger partial charge is 0.0113 e. The molecule has 0 heterocycles. The molecular formula is C13H21N. The summed E-state index contributed by atoms with van der Waals surface area (Å²) in [6.45, 7) is 6.84. The van der Waals surface area contributed by atoms with Gasteiger partial charge >= 0.3 is 0 Å². The standard InChI is InChI=1S/C13H21N/c1-9-4-5-10-7-13(2,3)8-12(14)11(10)6-9/h4-6,10-12H,7-8,14H2,1-3H3. The molecule has 0 saturated heterocycles. The molecule has 2 N–H and O–H groups in total. The number of hydrogen-bond donors (Lipinski definition) is 1. The second-order valence-corrected chi connectivity index (χ2v) is 5.75. The van der Waals surface area contributed by atoms with Crippen molar-refractivity contribution in [1.29, 1.82) is 0 Å².